The number of benzene rings is 1. The number of ether oxygens (including phenoxy) is 1. The Hall–Kier alpha value is -0.520. The Kier molecular flexibility index (Phi) is 5.09. The highest BCUT2D eigenvalue weighted by Gasteiger charge is 2.31. The van der Waals surface area contributed by atoms with Crippen molar-refractivity contribution < 1.29 is 4.74 Å². The van der Waals surface area contributed by atoms with E-state index in [-0.39, 0.29) is 4.71 Å². The number of anilines is 1. The first-order chi connectivity index (χ1) is 8.81. The van der Waals surface area contributed by atoms with E-state index in [1.54, 1.807) is 11.8 Å². The van der Waals surface area contributed by atoms with Gasteiger partial charge in [0.15, 0.2) is 0 Å². The third-order valence-electron chi connectivity index (χ3n) is 2.95. The van der Waals surface area contributed by atoms with Gasteiger partial charge in [-0.05, 0) is 37.4 Å². The van der Waals surface area contributed by atoms with E-state index in [4.69, 9.17) is 9.88 Å². The molecule has 1 unspecified atom stereocenters. The summed E-state index contributed by atoms with van der Waals surface area (Å²) in [4.78, 5) is 3.55. The molecule has 3 nitrogen and oxygen atoms in total. The quantitative estimate of drug-likeness (QED) is 0.637. The Balaban J connectivity index is 2.19. The number of fused-ring (bicyclic) bond motifs is 1. The van der Waals surface area contributed by atoms with E-state index in [0.717, 1.165) is 31.7 Å². The van der Waals surface area contributed by atoms with E-state index in [0.29, 0.717) is 0 Å². The highest BCUT2D eigenvalue weighted by molar-refractivity contribution is 8.16. The normalized spacial score (nSPS) is 17.9. The standard InChI is InChI=1S/C13H20N2OS2/c1-3-5-9-16-11-8-6-7-10-12(11)17-13(18-14)15(10)4-2/h6-8,13H,3-5,9,14H2,1-2H3. The van der Waals surface area contributed by atoms with Gasteiger partial charge in [-0.2, -0.15) is 0 Å². The minimum atomic E-state index is 0.265. The lowest BCUT2D eigenvalue weighted by atomic mass is 10.2. The number of nitrogens with zero attached hydrogens (tertiary/aromatic N) is 1. The first kappa shape index (κ1) is 13.9. The minimum absolute atomic E-state index is 0.265. The molecule has 5 heteroatoms. The first-order valence-electron chi connectivity index (χ1n) is 6.36. The number of unbranched alkanes of at least 4 members (excludes halogenated alkanes) is 1. The van der Waals surface area contributed by atoms with Gasteiger partial charge in [-0.15, -0.1) is 0 Å². The molecule has 1 heterocycles. The maximum atomic E-state index is 5.88. The lowest BCUT2D eigenvalue weighted by Gasteiger charge is -2.22. The van der Waals surface area contributed by atoms with Gasteiger partial charge in [0.2, 0.25) is 0 Å². The van der Waals surface area contributed by atoms with Crippen molar-refractivity contribution in [3.8, 4) is 5.75 Å². The predicted molar refractivity (Wildman–Crippen MR) is 81.3 cm³/mol. The molecule has 2 N–H and O–H groups in total. The molecule has 2 rings (SSSR count). The molecular weight excluding hydrogens is 264 g/mol. The zero-order chi connectivity index (χ0) is 13.0. The van der Waals surface area contributed by atoms with Crippen molar-refractivity contribution in [1.29, 1.82) is 0 Å². The van der Waals surface area contributed by atoms with Crippen molar-refractivity contribution in [2.75, 3.05) is 18.1 Å². The second-order valence-electron chi connectivity index (χ2n) is 4.15. The zero-order valence-corrected chi connectivity index (χ0v) is 12.5. The fourth-order valence-electron chi connectivity index (χ4n) is 1.99. The monoisotopic (exact) mass is 284 g/mol. The average molecular weight is 284 g/mol. The second kappa shape index (κ2) is 6.59. The van der Waals surface area contributed by atoms with Gasteiger partial charge in [-0.25, -0.2) is 0 Å². The maximum absolute atomic E-state index is 5.88. The third-order valence-corrected chi connectivity index (χ3v) is 5.16. The highest BCUT2D eigenvalue weighted by Crippen LogP contribution is 2.50. The Morgan fingerprint density at radius 1 is 1.44 bits per heavy atom. The molecule has 0 radical (unpaired) electrons. The van der Waals surface area contributed by atoms with Crippen LogP contribution >= 0.6 is 23.7 Å². The van der Waals surface area contributed by atoms with Crippen LogP contribution in [0.2, 0.25) is 0 Å². The average Bonchev–Trinajstić information content (AvgIpc) is 2.77. The van der Waals surface area contributed by atoms with Gasteiger partial charge in [0.25, 0.3) is 0 Å². The Bertz CT molecular complexity index is 401. The smallest absolute Gasteiger partial charge is 0.141 e. The van der Waals surface area contributed by atoms with E-state index in [2.05, 4.69) is 36.9 Å². The number of rotatable bonds is 6. The molecule has 100 valence electrons. The summed E-state index contributed by atoms with van der Waals surface area (Å²) < 4.78 is 6.14. The molecule has 18 heavy (non-hydrogen) atoms. The number of nitrogens with two attached hydrogens (primary N) is 1. The van der Waals surface area contributed by atoms with Crippen LogP contribution in [0.1, 0.15) is 26.7 Å². The van der Waals surface area contributed by atoms with Gasteiger partial charge in [0, 0.05) is 6.54 Å². The molecule has 0 spiro atoms. The van der Waals surface area contributed by atoms with Crippen LogP contribution in [0.5, 0.6) is 5.75 Å². The fourth-order valence-corrected chi connectivity index (χ4v) is 4.05. The number of hydrogen-bond acceptors (Lipinski definition) is 5. The third kappa shape index (κ3) is 2.73. The van der Waals surface area contributed by atoms with Gasteiger partial charge in [-0.1, -0.05) is 31.2 Å². The predicted octanol–water partition coefficient (Wildman–Crippen LogP) is 3.69. The molecule has 0 amide bonds. The molecule has 1 aromatic rings. The van der Waals surface area contributed by atoms with E-state index in [1.165, 1.54) is 22.5 Å². The van der Waals surface area contributed by atoms with Crippen LogP contribution < -0.4 is 14.8 Å². The summed E-state index contributed by atoms with van der Waals surface area (Å²) in [5.41, 5.74) is 1.25. The van der Waals surface area contributed by atoms with Crippen molar-refractivity contribution in [3.63, 3.8) is 0 Å². The van der Waals surface area contributed by atoms with Crippen LogP contribution in [0.15, 0.2) is 23.1 Å². The van der Waals surface area contributed by atoms with E-state index >= 15 is 0 Å². The van der Waals surface area contributed by atoms with Crippen molar-refractivity contribution in [3.05, 3.63) is 18.2 Å². The Labute approximate surface area is 118 Å². The summed E-state index contributed by atoms with van der Waals surface area (Å²) >= 11 is 3.18. The number of thioether (sulfide) groups is 1. The minimum Gasteiger partial charge on any atom is -0.492 e. The molecule has 0 saturated carbocycles. The largest absolute Gasteiger partial charge is 0.492 e. The molecule has 0 saturated heterocycles. The number of hydrogen-bond donors (Lipinski definition) is 1. The first-order valence-corrected chi connectivity index (χ1v) is 8.18. The van der Waals surface area contributed by atoms with Crippen LogP contribution in [0.25, 0.3) is 0 Å². The van der Waals surface area contributed by atoms with Crippen LogP contribution in [0.4, 0.5) is 5.69 Å². The molecule has 1 aliphatic rings. The molecule has 0 aliphatic carbocycles. The maximum Gasteiger partial charge on any atom is 0.141 e. The summed E-state index contributed by atoms with van der Waals surface area (Å²) in [5, 5.41) is 5.76. The van der Waals surface area contributed by atoms with E-state index in [9.17, 15) is 0 Å². The molecule has 0 fully saturated rings. The van der Waals surface area contributed by atoms with Crippen molar-refractivity contribution in [2.24, 2.45) is 5.14 Å². The van der Waals surface area contributed by atoms with Crippen LogP contribution in [-0.4, -0.2) is 17.9 Å². The van der Waals surface area contributed by atoms with Crippen LogP contribution in [0, 0.1) is 0 Å². The molecular formula is C13H20N2OS2. The molecule has 1 atom stereocenters. The van der Waals surface area contributed by atoms with Gasteiger partial charge in [-0.3, -0.25) is 5.14 Å². The van der Waals surface area contributed by atoms with Gasteiger partial charge in [0.05, 0.1) is 17.2 Å². The van der Waals surface area contributed by atoms with Crippen molar-refractivity contribution >= 4 is 29.4 Å². The Morgan fingerprint density at radius 3 is 2.94 bits per heavy atom. The van der Waals surface area contributed by atoms with Gasteiger partial charge in [0.1, 0.15) is 10.5 Å². The SMILES string of the molecule is CCCCOc1cccc2c1SC(SN)N2CC. The van der Waals surface area contributed by atoms with E-state index in [1.807, 2.05) is 0 Å². The summed E-state index contributed by atoms with van der Waals surface area (Å²) in [7, 11) is 0. The van der Waals surface area contributed by atoms with E-state index < -0.39 is 0 Å². The van der Waals surface area contributed by atoms with Gasteiger partial charge >= 0.3 is 0 Å². The molecule has 1 aliphatic heterocycles. The molecule has 0 bridgehead atoms. The van der Waals surface area contributed by atoms with Crippen molar-refractivity contribution in [2.45, 2.75) is 36.3 Å². The summed E-state index contributed by atoms with van der Waals surface area (Å²) in [6.45, 7) is 6.09. The zero-order valence-electron chi connectivity index (χ0n) is 10.9. The van der Waals surface area contributed by atoms with Crippen LogP contribution in [0.3, 0.4) is 0 Å². The van der Waals surface area contributed by atoms with Crippen molar-refractivity contribution in [1.82, 2.24) is 0 Å². The highest BCUT2D eigenvalue weighted by atomic mass is 32.2. The topological polar surface area (TPSA) is 38.5 Å². The summed E-state index contributed by atoms with van der Waals surface area (Å²) in [6.07, 6.45) is 2.26. The summed E-state index contributed by atoms with van der Waals surface area (Å²) in [6, 6.07) is 6.26. The summed E-state index contributed by atoms with van der Waals surface area (Å²) in [5.74, 6) is 1.00. The molecule has 0 aromatic heterocycles. The van der Waals surface area contributed by atoms with Crippen LogP contribution in [-0.2, 0) is 0 Å². The Morgan fingerprint density at radius 2 is 2.28 bits per heavy atom. The molecule has 1 aromatic carbocycles. The van der Waals surface area contributed by atoms with Gasteiger partial charge < -0.3 is 9.64 Å². The lowest BCUT2D eigenvalue weighted by molar-refractivity contribution is 0.303. The lowest BCUT2D eigenvalue weighted by Crippen LogP contribution is -2.27. The fraction of sp³-hybridized carbons (Fsp3) is 0.538. The second-order valence-corrected chi connectivity index (χ2v) is 6.26.